The highest BCUT2D eigenvalue weighted by atomic mass is 16.5. The lowest BCUT2D eigenvalue weighted by molar-refractivity contribution is 0.0962. The van der Waals surface area contributed by atoms with E-state index in [4.69, 9.17) is 10.5 Å². The molecular weight excluding hydrogens is 320 g/mol. The predicted octanol–water partition coefficient (Wildman–Crippen LogP) is 2.31. The number of carbonyl (C=O) groups is 1. The Balaban J connectivity index is 1.69. The summed E-state index contributed by atoms with van der Waals surface area (Å²) >= 11 is 0. The van der Waals surface area contributed by atoms with E-state index in [1.165, 1.54) is 12.5 Å². The Morgan fingerprint density at radius 1 is 1.16 bits per heavy atom. The van der Waals surface area contributed by atoms with Crippen LogP contribution in [-0.2, 0) is 0 Å². The smallest absolute Gasteiger partial charge is 0.269 e. The van der Waals surface area contributed by atoms with E-state index >= 15 is 0 Å². The van der Waals surface area contributed by atoms with Crippen LogP contribution in [0.15, 0.2) is 55.1 Å². The molecule has 1 amide bonds. The maximum atomic E-state index is 12.1. The number of hydrogen-bond donors (Lipinski definition) is 3. The minimum absolute atomic E-state index is 0.162. The summed E-state index contributed by atoms with van der Waals surface area (Å²) < 4.78 is 5.56. The molecule has 0 saturated carbocycles. The Labute approximate surface area is 144 Å². The largest absolute Gasteiger partial charge is 0.435 e. The van der Waals surface area contributed by atoms with Gasteiger partial charge in [0.05, 0.1) is 6.20 Å². The van der Waals surface area contributed by atoms with Crippen LogP contribution in [-0.4, -0.2) is 20.9 Å². The van der Waals surface area contributed by atoms with Crippen LogP contribution < -0.4 is 21.3 Å². The van der Waals surface area contributed by atoms with Gasteiger partial charge in [0.1, 0.15) is 17.8 Å². The zero-order valence-electron chi connectivity index (χ0n) is 13.4. The number of hydrazine groups is 1. The van der Waals surface area contributed by atoms with Crippen LogP contribution in [0.1, 0.15) is 15.9 Å². The number of nitrogens with one attached hydrogen (secondary N) is 2. The highest BCUT2D eigenvalue weighted by Gasteiger charge is 2.12. The minimum Gasteiger partial charge on any atom is -0.435 e. The van der Waals surface area contributed by atoms with E-state index in [0.29, 0.717) is 11.3 Å². The van der Waals surface area contributed by atoms with Gasteiger partial charge in [0.15, 0.2) is 5.82 Å². The summed E-state index contributed by atoms with van der Waals surface area (Å²) in [7, 11) is 0. The number of anilines is 2. The second-order valence-electron chi connectivity index (χ2n) is 5.18. The van der Waals surface area contributed by atoms with Gasteiger partial charge in [-0.05, 0) is 31.2 Å². The number of nitrogens with two attached hydrogens (primary N) is 1. The number of ether oxygens (including phenoxy) is 1. The van der Waals surface area contributed by atoms with E-state index in [2.05, 4.69) is 25.8 Å². The Morgan fingerprint density at radius 3 is 2.68 bits per heavy atom. The predicted molar refractivity (Wildman–Crippen MR) is 93.0 cm³/mol. The lowest BCUT2D eigenvalue weighted by Crippen LogP contribution is -2.30. The molecule has 4 N–H and O–H groups in total. The first-order valence-corrected chi connectivity index (χ1v) is 7.45. The number of aryl methyl sites for hydroxylation is 1. The molecule has 0 aliphatic heterocycles. The van der Waals surface area contributed by atoms with E-state index in [1.807, 2.05) is 19.1 Å². The molecule has 0 radical (unpaired) electrons. The molecule has 0 bridgehead atoms. The van der Waals surface area contributed by atoms with Crippen molar-refractivity contribution in [3.63, 3.8) is 0 Å². The van der Waals surface area contributed by atoms with Gasteiger partial charge >= 0.3 is 0 Å². The van der Waals surface area contributed by atoms with E-state index in [1.54, 1.807) is 30.5 Å². The van der Waals surface area contributed by atoms with Crippen molar-refractivity contribution in [2.45, 2.75) is 6.92 Å². The molecular formula is C17H16N6O2. The third-order valence-electron chi connectivity index (χ3n) is 3.30. The second-order valence-corrected chi connectivity index (χ2v) is 5.18. The molecule has 0 atom stereocenters. The van der Waals surface area contributed by atoms with Crippen molar-refractivity contribution in [3.05, 3.63) is 66.2 Å². The van der Waals surface area contributed by atoms with E-state index in [9.17, 15) is 4.79 Å². The number of hydrogen-bond acceptors (Lipinski definition) is 7. The maximum Gasteiger partial charge on any atom is 0.269 e. The lowest BCUT2D eigenvalue weighted by Gasteiger charge is -2.12. The molecule has 8 heteroatoms. The average molecular weight is 336 g/mol. The van der Waals surface area contributed by atoms with Crippen molar-refractivity contribution in [1.29, 1.82) is 0 Å². The number of benzene rings is 1. The molecule has 0 saturated heterocycles. The molecule has 1 aromatic carbocycles. The molecule has 126 valence electrons. The summed E-state index contributed by atoms with van der Waals surface area (Å²) in [6, 6.07) is 10.6. The van der Waals surface area contributed by atoms with Crippen LogP contribution in [0, 0.1) is 6.92 Å². The van der Waals surface area contributed by atoms with Gasteiger partial charge in [-0.15, -0.1) is 0 Å². The maximum absolute atomic E-state index is 12.1. The standard InChI is InChI=1S/C17H16N6O2/c1-11-4-6-12(7-5-11)16(24)23-22-15-14(18)17(21-10-20-15)25-13-3-2-8-19-9-13/h2-10H,18H2,1H3,(H,23,24)(H,20,21,22). The third-order valence-corrected chi connectivity index (χ3v) is 3.30. The Bertz CT molecular complexity index is 868. The van der Waals surface area contributed by atoms with Crippen LogP contribution in [0.3, 0.4) is 0 Å². The van der Waals surface area contributed by atoms with Gasteiger partial charge in [-0.1, -0.05) is 17.7 Å². The van der Waals surface area contributed by atoms with Gasteiger partial charge in [-0.25, -0.2) is 4.98 Å². The molecule has 8 nitrogen and oxygen atoms in total. The zero-order valence-corrected chi connectivity index (χ0v) is 13.4. The van der Waals surface area contributed by atoms with Gasteiger partial charge in [-0.3, -0.25) is 20.6 Å². The molecule has 25 heavy (non-hydrogen) atoms. The van der Waals surface area contributed by atoms with Gasteiger partial charge in [0.25, 0.3) is 5.91 Å². The second kappa shape index (κ2) is 7.26. The third kappa shape index (κ3) is 3.99. The number of nitrogen functional groups attached to an aromatic ring is 1. The normalized spacial score (nSPS) is 10.1. The monoisotopic (exact) mass is 336 g/mol. The highest BCUT2D eigenvalue weighted by Crippen LogP contribution is 2.28. The first kappa shape index (κ1) is 16.2. The summed E-state index contributed by atoms with van der Waals surface area (Å²) in [6.07, 6.45) is 4.44. The van der Waals surface area contributed by atoms with Crippen molar-refractivity contribution >= 4 is 17.4 Å². The molecule has 2 aromatic heterocycles. The molecule has 3 rings (SSSR count). The fraction of sp³-hybridized carbons (Fsp3) is 0.0588. The minimum atomic E-state index is -0.312. The average Bonchev–Trinajstić information content (AvgIpc) is 2.63. The number of nitrogens with zero attached hydrogens (tertiary/aromatic N) is 3. The molecule has 0 aliphatic carbocycles. The van der Waals surface area contributed by atoms with Crippen molar-refractivity contribution in [2.75, 3.05) is 11.2 Å². The van der Waals surface area contributed by atoms with Crippen LogP contribution in [0.4, 0.5) is 11.5 Å². The molecule has 3 aromatic rings. The van der Waals surface area contributed by atoms with Crippen LogP contribution >= 0.6 is 0 Å². The topological polar surface area (TPSA) is 115 Å². The number of rotatable bonds is 5. The molecule has 2 heterocycles. The van der Waals surface area contributed by atoms with Crippen LogP contribution in [0.25, 0.3) is 0 Å². The van der Waals surface area contributed by atoms with Crippen molar-refractivity contribution < 1.29 is 9.53 Å². The van der Waals surface area contributed by atoms with Gasteiger partial charge < -0.3 is 10.5 Å². The van der Waals surface area contributed by atoms with Crippen molar-refractivity contribution in [1.82, 2.24) is 20.4 Å². The summed E-state index contributed by atoms with van der Waals surface area (Å²) in [6.45, 7) is 1.95. The number of carbonyl (C=O) groups excluding carboxylic acids is 1. The quantitative estimate of drug-likeness (QED) is 0.612. The number of amides is 1. The first-order chi connectivity index (χ1) is 12.1. The Hall–Kier alpha value is -3.68. The first-order valence-electron chi connectivity index (χ1n) is 7.45. The summed E-state index contributed by atoms with van der Waals surface area (Å²) in [5.41, 5.74) is 13.0. The zero-order chi connectivity index (χ0) is 17.6. The molecule has 0 spiro atoms. The van der Waals surface area contributed by atoms with Crippen LogP contribution in [0.2, 0.25) is 0 Å². The molecule has 0 fully saturated rings. The van der Waals surface area contributed by atoms with Crippen molar-refractivity contribution in [2.24, 2.45) is 0 Å². The highest BCUT2D eigenvalue weighted by molar-refractivity contribution is 5.95. The van der Waals surface area contributed by atoms with Gasteiger partial charge in [-0.2, -0.15) is 4.98 Å². The van der Waals surface area contributed by atoms with E-state index in [0.717, 1.165) is 5.56 Å². The lowest BCUT2D eigenvalue weighted by atomic mass is 10.1. The molecule has 0 aliphatic rings. The Morgan fingerprint density at radius 2 is 1.96 bits per heavy atom. The van der Waals surface area contributed by atoms with E-state index in [-0.39, 0.29) is 23.3 Å². The SMILES string of the molecule is Cc1ccc(C(=O)NNc2ncnc(Oc3cccnc3)c2N)cc1. The number of pyridine rings is 1. The molecule has 0 unspecified atom stereocenters. The van der Waals surface area contributed by atoms with E-state index < -0.39 is 0 Å². The van der Waals surface area contributed by atoms with Crippen LogP contribution in [0.5, 0.6) is 11.6 Å². The van der Waals surface area contributed by atoms with Crippen molar-refractivity contribution in [3.8, 4) is 11.6 Å². The number of aromatic nitrogens is 3. The van der Waals surface area contributed by atoms with Gasteiger partial charge in [0.2, 0.25) is 5.88 Å². The fourth-order valence-corrected chi connectivity index (χ4v) is 1.97. The van der Waals surface area contributed by atoms with Gasteiger partial charge in [0, 0.05) is 11.8 Å². The summed E-state index contributed by atoms with van der Waals surface area (Å²) in [5, 5.41) is 0. The Kier molecular flexibility index (Phi) is 4.70. The summed E-state index contributed by atoms with van der Waals surface area (Å²) in [5.74, 6) is 0.569. The summed E-state index contributed by atoms with van der Waals surface area (Å²) in [4.78, 5) is 24.1. The fourth-order valence-electron chi connectivity index (χ4n) is 1.97.